The molecule has 2 aromatic rings. The molecular weight excluding hydrogens is 352 g/mol. The molecule has 4 N–H and O–H groups in total. The summed E-state index contributed by atoms with van der Waals surface area (Å²) in [6, 6.07) is 13.9. The van der Waals surface area contributed by atoms with Crippen molar-refractivity contribution in [3.8, 4) is 5.75 Å². The van der Waals surface area contributed by atoms with Crippen LogP contribution in [-0.2, 0) is 27.4 Å². The zero-order chi connectivity index (χ0) is 19.6. The van der Waals surface area contributed by atoms with E-state index in [-0.39, 0.29) is 18.8 Å². The van der Waals surface area contributed by atoms with Crippen molar-refractivity contribution in [2.45, 2.75) is 19.1 Å². The van der Waals surface area contributed by atoms with Gasteiger partial charge in [0.25, 0.3) is 0 Å². The molecule has 8 heteroatoms. The van der Waals surface area contributed by atoms with Gasteiger partial charge in [0.2, 0.25) is 5.91 Å². The summed E-state index contributed by atoms with van der Waals surface area (Å²) in [6.45, 7) is -0.347. The van der Waals surface area contributed by atoms with Crippen molar-refractivity contribution < 1.29 is 29.3 Å². The van der Waals surface area contributed by atoms with Crippen molar-refractivity contribution in [2.75, 3.05) is 6.54 Å². The maximum atomic E-state index is 11.9. The van der Waals surface area contributed by atoms with E-state index in [9.17, 15) is 24.6 Å². The number of hydrogen-bond acceptors (Lipinski definition) is 5. The molecule has 27 heavy (non-hydrogen) atoms. The third kappa shape index (κ3) is 7.07. The Morgan fingerprint density at radius 1 is 0.963 bits per heavy atom. The Morgan fingerprint density at radius 3 is 2.26 bits per heavy atom. The number of carboxylic acid groups (broad SMARTS) is 1. The van der Waals surface area contributed by atoms with Gasteiger partial charge in [0.05, 0.1) is 0 Å². The van der Waals surface area contributed by atoms with Gasteiger partial charge < -0.3 is 25.6 Å². The third-order valence-electron chi connectivity index (χ3n) is 3.62. The van der Waals surface area contributed by atoms with Gasteiger partial charge >= 0.3 is 12.1 Å². The highest BCUT2D eigenvalue weighted by Crippen LogP contribution is 2.11. The number of phenolic OH excluding ortho intramolecular Hbond substituents is 1. The molecule has 2 aromatic carbocycles. The number of carboxylic acids is 1. The Labute approximate surface area is 155 Å². The van der Waals surface area contributed by atoms with Crippen LogP contribution in [0.3, 0.4) is 0 Å². The van der Waals surface area contributed by atoms with Gasteiger partial charge in [0, 0.05) is 6.42 Å². The topological polar surface area (TPSA) is 125 Å². The number of hydrogen-bond donors (Lipinski definition) is 4. The first-order valence-electron chi connectivity index (χ1n) is 8.18. The Morgan fingerprint density at radius 2 is 1.63 bits per heavy atom. The smallest absolute Gasteiger partial charge is 0.407 e. The molecule has 0 bridgehead atoms. The number of aromatic hydroxyl groups is 1. The molecule has 0 spiro atoms. The van der Waals surface area contributed by atoms with Crippen LogP contribution in [0.15, 0.2) is 54.6 Å². The molecule has 1 atom stereocenters. The van der Waals surface area contributed by atoms with Crippen molar-refractivity contribution in [2.24, 2.45) is 0 Å². The summed E-state index contributed by atoms with van der Waals surface area (Å²) in [5.74, 6) is -1.80. The molecule has 0 fully saturated rings. The van der Waals surface area contributed by atoms with Gasteiger partial charge in [0.1, 0.15) is 24.9 Å². The van der Waals surface area contributed by atoms with Gasteiger partial charge in [0.15, 0.2) is 0 Å². The second-order valence-corrected chi connectivity index (χ2v) is 5.74. The number of amides is 2. The van der Waals surface area contributed by atoms with Crippen LogP contribution < -0.4 is 10.6 Å². The average molecular weight is 372 g/mol. The molecule has 142 valence electrons. The maximum absolute atomic E-state index is 11.9. The van der Waals surface area contributed by atoms with E-state index in [1.54, 1.807) is 24.3 Å². The van der Waals surface area contributed by atoms with E-state index >= 15 is 0 Å². The second kappa shape index (κ2) is 9.81. The number of phenols is 1. The molecule has 2 rings (SSSR count). The van der Waals surface area contributed by atoms with Crippen molar-refractivity contribution >= 4 is 18.0 Å². The van der Waals surface area contributed by atoms with Crippen LogP contribution in [0.2, 0.25) is 0 Å². The number of ether oxygens (including phenoxy) is 1. The fourth-order valence-electron chi connectivity index (χ4n) is 2.24. The van der Waals surface area contributed by atoms with Crippen molar-refractivity contribution in [3.05, 3.63) is 65.7 Å². The molecule has 0 saturated heterocycles. The first-order valence-corrected chi connectivity index (χ1v) is 8.18. The lowest BCUT2D eigenvalue weighted by molar-refractivity contribution is -0.141. The zero-order valence-corrected chi connectivity index (χ0v) is 14.4. The monoisotopic (exact) mass is 372 g/mol. The van der Waals surface area contributed by atoms with Gasteiger partial charge in [-0.2, -0.15) is 0 Å². The minimum Gasteiger partial charge on any atom is -0.508 e. The predicted octanol–water partition coefficient (Wildman–Crippen LogP) is 1.43. The molecule has 1 unspecified atom stereocenters. The van der Waals surface area contributed by atoms with Crippen LogP contribution in [-0.4, -0.2) is 40.8 Å². The van der Waals surface area contributed by atoms with Gasteiger partial charge in [-0.15, -0.1) is 0 Å². The minimum absolute atomic E-state index is 0.0415. The largest absolute Gasteiger partial charge is 0.508 e. The van der Waals surface area contributed by atoms with Gasteiger partial charge in [-0.3, -0.25) is 4.79 Å². The summed E-state index contributed by atoms with van der Waals surface area (Å²) in [5.41, 5.74) is 1.44. The molecule has 0 saturated carbocycles. The predicted molar refractivity (Wildman–Crippen MR) is 96.0 cm³/mol. The van der Waals surface area contributed by atoms with E-state index in [4.69, 9.17) is 4.74 Å². The van der Waals surface area contributed by atoms with Gasteiger partial charge in [-0.25, -0.2) is 9.59 Å². The Kier molecular flexibility index (Phi) is 7.18. The highest BCUT2D eigenvalue weighted by Gasteiger charge is 2.20. The van der Waals surface area contributed by atoms with Crippen LogP contribution >= 0.6 is 0 Å². The Hall–Kier alpha value is -3.55. The van der Waals surface area contributed by atoms with E-state index in [0.29, 0.717) is 5.56 Å². The second-order valence-electron chi connectivity index (χ2n) is 5.74. The van der Waals surface area contributed by atoms with E-state index < -0.39 is 30.6 Å². The van der Waals surface area contributed by atoms with Gasteiger partial charge in [-0.1, -0.05) is 42.5 Å². The third-order valence-corrected chi connectivity index (χ3v) is 3.62. The Bertz CT molecular complexity index is 777. The number of nitrogens with one attached hydrogen (secondary N) is 2. The van der Waals surface area contributed by atoms with Crippen LogP contribution in [0.25, 0.3) is 0 Å². The molecule has 0 aromatic heterocycles. The highest BCUT2D eigenvalue weighted by atomic mass is 16.5. The number of aliphatic carboxylic acids is 1. The highest BCUT2D eigenvalue weighted by molar-refractivity contribution is 5.86. The maximum Gasteiger partial charge on any atom is 0.407 e. The molecule has 0 aliphatic heterocycles. The first kappa shape index (κ1) is 19.8. The molecule has 2 amide bonds. The first-order chi connectivity index (χ1) is 12.9. The Balaban J connectivity index is 1.77. The lowest BCUT2D eigenvalue weighted by Gasteiger charge is -2.15. The molecular formula is C19H20N2O6. The number of rotatable bonds is 8. The molecule has 0 aliphatic rings. The molecule has 0 aliphatic carbocycles. The van der Waals surface area contributed by atoms with Crippen LogP contribution in [0.1, 0.15) is 11.1 Å². The fraction of sp³-hybridized carbons (Fsp3) is 0.211. The summed E-state index contributed by atoms with van der Waals surface area (Å²) < 4.78 is 4.97. The molecule has 0 heterocycles. The number of alkyl carbamates (subject to hydrolysis) is 1. The standard InChI is InChI=1S/C19H20N2O6/c22-15-8-6-13(7-9-15)10-16(18(24)25)21-17(23)11-20-19(26)27-12-14-4-2-1-3-5-14/h1-9,16,22H,10-12H2,(H,20,26)(H,21,23)(H,24,25). The van der Waals surface area contributed by atoms with Crippen LogP contribution in [0, 0.1) is 0 Å². The van der Waals surface area contributed by atoms with Gasteiger partial charge in [-0.05, 0) is 23.3 Å². The molecule has 0 radical (unpaired) electrons. The SMILES string of the molecule is O=C(CNC(=O)OCc1ccccc1)NC(Cc1ccc(O)cc1)C(=O)O. The number of carbonyl (C=O) groups is 3. The van der Waals surface area contributed by atoms with E-state index in [0.717, 1.165) is 5.56 Å². The van der Waals surface area contributed by atoms with Crippen LogP contribution in [0.5, 0.6) is 5.75 Å². The summed E-state index contributed by atoms with van der Waals surface area (Å²) in [5, 5.41) is 23.1. The van der Waals surface area contributed by atoms with E-state index in [2.05, 4.69) is 10.6 Å². The normalized spacial score (nSPS) is 11.3. The number of carbonyl (C=O) groups excluding carboxylic acids is 2. The van der Waals surface area contributed by atoms with E-state index in [1.807, 2.05) is 18.2 Å². The lowest BCUT2D eigenvalue weighted by atomic mass is 10.1. The fourth-order valence-corrected chi connectivity index (χ4v) is 2.24. The summed E-state index contributed by atoms with van der Waals surface area (Å²) >= 11 is 0. The van der Waals surface area contributed by atoms with E-state index in [1.165, 1.54) is 12.1 Å². The average Bonchev–Trinajstić information content (AvgIpc) is 2.66. The van der Waals surface area contributed by atoms with Crippen molar-refractivity contribution in [1.82, 2.24) is 10.6 Å². The summed E-state index contributed by atoms with van der Waals surface area (Å²) in [6.07, 6.45) is -0.737. The summed E-state index contributed by atoms with van der Waals surface area (Å²) in [7, 11) is 0. The summed E-state index contributed by atoms with van der Waals surface area (Å²) in [4.78, 5) is 34.8. The number of benzene rings is 2. The quantitative estimate of drug-likeness (QED) is 0.556. The van der Waals surface area contributed by atoms with Crippen molar-refractivity contribution in [3.63, 3.8) is 0 Å². The molecule has 8 nitrogen and oxygen atoms in total. The lowest BCUT2D eigenvalue weighted by Crippen LogP contribution is -2.46. The minimum atomic E-state index is -1.21. The van der Waals surface area contributed by atoms with Crippen LogP contribution in [0.4, 0.5) is 4.79 Å². The van der Waals surface area contributed by atoms with Crippen molar-refractivity contribution in [1.29, 1.82) is 0 Å². The zero-order valence-electron chi connectivity index (χ0n) is 14.4.